The van der Waals surface area contributed by atoms with Gasteiger partial charge in [0, 0.05) is 18.7 Å². The lowest BCUT2D eigenvalue weighted by molar-refractivity contribution is 0.151. The highest BCUT2D eigenvalue weighted by molar-refractivity contribution is 4.97. The molecule has 1 aromatic rings. The van der Waals surface area contributed by atoms with Crippen LogP contribution in [0.2, 0.25) is 0 Å². The molecule has 0 saturated carbocycles. The van der Waals surface area contributed by atoms with Crippen molar-refractivity contribution in [2.45, 2.75) is 18.7 Å². The number of nitrogens with two attached hydrogens (primary N) is 2. The van der Waals surface area contributed by atoms with Gasteiger partial charge in [-0.15, -0.1) is 0 Å². The zero-order valence-electron chi connectivity index (χ0n) is 6.07. The van der Waals surface area contributed by atoms with Crippen LogP contribution in [-0.4, -0.2) is 27.3 Å². The Labute approximate surface area is 64.4 Å². The molecule has 11 heavy (non-hydrogen) atoms. The smallest absolute Gasteiger partial charge is 0.118 e. The molecular formula is C6H12N4O. The summed E-state index contributed by atoms with van der Waals surface area (Å²) in [5, 5.41) is 8.83. The number of H-pyrrole nitrogens is 1. The Hall–Kier alpha value is -0.910. The van der Waals surface area contributed by atoms with E-state index in [-0.39, 0.29) is 0 Å². The van der Waals surface area contributed by atoms with Gasteiger partial charge >= 0.3 is 0 Å². The van der Waals surface area contributed by atoms with E-state index < -0.39 is 12.3 Å². The highest BCUT2D eigenvalue weighted by Gasteiger charge is 2.10. The average molecular weight is 156 g/mol. The summed E-state index contributed by atoms with van der Waals surface area (Å²) >= 11 is 0. The van der Waals surface area contributed by atoms with E-state index in [9.17, 15) is 0 Å². The lowest BCUT2D eigenvalue weighted by Gasteiger charge is -2.11. The van der Waals surface area contributed by atoms with E-state index in [0.29, 0.717) is 6.42 Å². The van der Waals surface area contributed by atoms with Crippen LogP contribution in [0.4, 0.5) is 0 Å². The van der Waals surface area contributed by atoms with Gasteiger partial charge in [-0.3, -0.25) is 0 Å². The van der Waals surface area contributed by atoms with Gasteiger partial charge in [-0.25, -0.2) is 4.98 Å². The third-order valence-corrected chi connectivity index (χ3v) is 1.44. The first kappa shape index (κ1) is 8.19. The van der Waals surface area contributed by atoms with Crippen LogP contribution in [0.1, 0.15) is 5.69 Å². The molecule has 5 nitrogen and oxygen atoms in total. The number of imidazole rings is 1. The van der Waals surface area contributed by atoms with E-state index in [2.05, 4.69) is 9.97 Å². The summed E-state index contributed by atoms with van der Waals surface area (Å²) in [6, 6.07) is -0.446. The van der Waals surface area contributed by atoms with E-state index in [0.717, 1.165) is 5.69 Å². The summed E-state index contributed by atoms with van der Waals surface area (Å²) in [4.78, 5) is 6.72. The zero-order valence-corrected chi connectivity index (χ0v) is 6.07. The molecule has 0 saturated heterocycles. The molecule has 0 amide bonds. The molecule has 1 rings (SSSR count). The summed E-state index contributed by atoms with van der Waals surface area (Å²) in [5.41, 5.74) is 11.4. The second-order valence-corrected chi connectivity index (χ2v) is 2.42. The molecule has 62 valence electrons. The fourth-order valence-electron chi connectivity index (χ4n) is 0.765. The first-order valence-electron chi connectivity index (χ1n) is 3.37. The van der Waals surface area contributed by atoms with E-state index in [1.807, 2.05) is 0 Å². The maximum absolute atomic E-state index is 8.83. The van der Waals surface area contributed by atoms with Gasteiger partial charge in [0.05, 0.1) is 12.0 Å². The van der Waals surface area contributed by atoms with Crippen molar-refractivity contribution >= 4 is 0 Å². The fourth-order valence-corrected chi connectivity index (χ4v) is 0.765. The van der Waals surface area contributed by atoms with Crippen molar-refractivity contribution in [3.63, 3.8) is 0 Å². The number of aromatic amines is 1. The van der Waals surface area contributed by atoms with Crippen molar-refractivity contribution in [1.29, 1.82) is 0 Å². The number of rotatable bonds is 3. The molecule has 5 heteroatoms. The summed E-state index contributed by atoms with van der Waals surface area (Å²) in [6.07, 6.45) is 2.79. The van der Waals surface area contributed by atoms with Gasteiger partial charge in [0.15, 0.2) is 0 Å². The highest BCUT2D eigenvalue weighted by atomic mass is 16.3. The minimum atomic E-state index is -0.980. The Bertz CT molecular complexity index is 196. The molecular weight excluding hydrogens is 144 g/mol. The summed E-state index contributed by atoms with van der Waals surface area (Å²) in [6.45, 7) is 0. The molecule has 1 heterocycles. The quantitative estimate of drug-likeness (QED) is 0.402. The van der Waals surface area contributed by atoms with Crippen molar-refractivity contribution in [3.8, 4) is 0 Å². The van der Waals surface area contributed by atoms with Gasteiger partial charge in [0.1, 0.15) is 6.23 Å². The molecule has 0 fully saturated rings. The van der Waals surface area contributed by atoms with Crippen molar-refractivity contribution < 1.29 is 5.11 Å². The second kappa shape index (κ2) is 3.47. The van der Waals surface area contributed by atoms with Crippen molar-refractivity contribution in [3.05, 3.63) is 18.2 Å². The van der Waals surface area contributed by atoms with Gasteiger partial charge in [-0.2, -0.15) is 0 Å². The van der Waals surface area contributed by atoms with E-state index in [1.54, 1.807) is 12.5 Å². The Kier molecular flexibility index (Phi) is 2.58. The summed E-state index contributed by atoms with van der Waals surface area (Å²) in [5.74, 6) is 0. The number of nitrogens with zero attached hydrogens (tertiary/aromatic N) is 1. The molecule has 2 atom stereocenters. The maximum Gasteiger partial charge on any atom is 0.118 e. The van der Waals surface area contributed by atoms with Crippen LogP contribution in [0.25, 0.3) is 0 Å². The second-order valence-electron chi connectivity index (χ2n) is 2.42. The molecule has 0 spiro atoms. The monoisotopic (exact) mass is 156 g/mol. The standard InChI is InChI=1S/C6H12N4O/c7-5(6(8)11)1-4-2-9-3-10-4/h2-3,5-6,11H,1,7-8H2,(H,9,10). The molecule has 1 aromatic heterocycles. The first-order valence-corrected chi connectivity index (χ1v) is 3.37. The molecule has 0 bridgehead atoms. The lowest BCUT2D eigenvalue weighted by Crippen LogP contribution is -2.42. The predicted molar refractivity (Wildman–Crippen MR) is 40.5 cm³/mol. The maximum atomic E-state index is 8.83. The summed E-state index contributed by atoms with van der Waals surface area (Å²) < 4.78 is 0. The minimum absolute atomic E-state index is 0.446. The Morgan fingerprint density at radius 1 is 1.64 bits per heavy atom. The van der Waals surface area contributed by atoms with Crippen molar-refractivity contribution in [2.75, 3.05) is 0 Å². The van der Waals surface area contributed by atoms with Crippen LogP contribution >= 0.6 is 0 Å². The lowest BCUT2D eigenvalue weighted by atomic mass is 10.1. The average Bonchev–Trinajstić information content (AvgIpc) is 2.39. The number of aromatic nitrogens is 2. The van der Waals surface area contributed by atoms with Gasteiger partial charge in [0.2, 0.25) is 0 Å². The number of aliphatic hydroxyl groups excluding tert-OH is 1. The minimum Gasteiger partial charge on any atom is -0.377 e. The number of hydrogen-bond acceptors (Lipinski definition) is 4. The van der Waals surface area contributed by atoms with E-state index >= 15 is 0 Å². The van der Waals surface area contributed by atoms with Gasteiger partial charge in [-0.1, -0.05) is 0 Å². The van der Waals surface area contributed by atoms with Gasteiger partial charge < -0.3 is 21.6 Å². The Balaban J connectivity index is 2.43. The van der Waals surface area contributed by atoms with Crippen molar-refractivity contribution in [2.24, 2.45) is 11.5 Å². The SMILES string of the molecule is NC(O)C(N)Cc1c[nH]cn1. The number of hydrogen-bond donors (Lipinski definition) is 4. The molecule has 0 aliphatic carbocycles. The predicted octanol–water partition coefficient (Wildman–Crippen LogP) is -1.44. The normalized spacial score (nSPS) is 16.3. The van der Waals surface area contributed by atoms with E-state index in [4.69, 9.17) is 16.6 Å². The van der Waals surface area contributed by atoms with Crippen LogP contribution in [0.5, 0.6) is 0 Å². The third-order valence-electron chi connectivity index (χ3n) is 1.44. The van der Waals surface area contributed by atoms with Gasteiger partial charge in [-0.05, 0) is 0 Å². The molecule has 2 unspecified atom stereocenters. The van der Waals surface area contributed by atoms with Crippen LogP contribution in [-0.2, 0) is 6.42 Å². The number of aliphatic hydroxyl groups is 1. The molecule has 0 aliphatic heterocycles. The molecule has 6 N–H and O–H groups in total. The van der Waals surface area contributed by atoms with Gasteiger partial charge in [0.25, 0.3) is 0 Å². The van der Waals surface area contributed by atoms with Crippen LogP contribution in [0.15, 0.2) is 12.5 Å². The van der Waals surface area contributed by atoms with Crippen molar-refractivity contribution in [1.82, 2.24) is 9.97 Å². The largest absolute Gasteiger partial charge is 0.377 e. The van der Waals surface area contributed by atoms with Crippen LogP contribution in [0.3, 0.4) is 0 Å². The Morgan fingerprint density at radius 3 is 2.82 bits per heavy atom. The molecule has 0 aromatic carbocycles. The van der Waals surface area contributed by atoms with Crippen LogP contribution < -0.4 is 11.5 Å². The molecule has 0 radical (unpaired) electrons. The third kappa shape index (κ3) is 2.30. The highest BCUT2D eigenvalue weighted by Crippen LogP contribution is 1.96. The topological polar surface area (TPSA) is 101 Å². The zero-order chi connectivity index (χ0) is 8.27. The fraction of sp³-hybridized carbons (Fsp3) is 0.500. The molecule has 0 aliphatic rings. The first-order chi connectivity index (χ1) is 5.20. The Morgan fingerprint density at radius 2 is 2.36 bits per heavy atom. The summed E-state index contributed by atoms with van der Waals surface area (Å²) in [7, 11) is 0. The number of nitrogens with one attached hydrogen (secondary N) is 1. The van der Waals surface area contributed by atoms with Crippen LogP contribution in [0, 0.1) is 0 Å². The van der Waals surface area contributed by atoms with E-state index in [1.165, 1.54) is 0 Å².